The van der Waals surface area contributed by atoms with Gasteiger partial charge in [-0.2, -0.15) is 0 Å². The van der Waals surface area contributed by atoms with Crippen molar-refractivity contribution in [2.45, 2.75) is 155 Å². The van der Waals surface area contributed by atoms with Crippen molar-refractivity contribution in [3.05, 3.63) is 186 Å². The number of para-hydroxylation sites is 1. The largest absolute Gasteiger partial charge is 0.456 e. The number of fused-ring (bicyclic) bond motifs is 10. The second-order valence-electron chi connectivity index (χ2n) is 27.8. The lowest BCUT2D eigenvalue weighted by atomic mass is 9.33. The van der Waals surface area contributed by atoms with Gasteiger partial charge in [0.1, 0.15) is 11.2 Å². The van der Waals surface area contributed by atoms with Crippen molar-refractivity contribution in [2.24, 2.45) is 0 Å². The molecule has 4 heterocycles. The van der Waals surface area contributed by atoms with Gasteiger partial charge in [0.2, 0.25) is 0 Å². The standard InChI is InChI=1S/C72H76BN3O/c1-67(2,3)46-26-32-58(54(38-46)45-22-16-15-17-23-45)75-61-35-29-49(70(10,11)12)41-57(61)73-56-40-48(69(7,8)9)28-34-60(56)74(50-30-31-53-52-24-18-19-25-64(52)77-65(53)44-50)62-42-51(43-63(75)66(62)73)76-59-33-27-47(68(4,5)6)39-55(59)71(13)36-20-21-37-72(71,76)14/h15-19,22-35,38-44H,20-21,36-37H2,1-14H3. The highest BCUT2D eigenvalue weighted by molar-refractivity contribution is 7.00. The van der Waals surface area contributed by atoms with E-state index in [0.29, 0.717) is 0 Å². The minimum atomic E-state index is -0.181. The molecule has 1 fully saturated rings. The van der Waals surface area contributed by atoms with Crippen molar-refractivity contribution in [2.75, 3.05) is 14.7 Å². The molecule has 2 unspecified atom stereocenters. The summed E-state index contributed by atoms with van der Waals surface area (Å²) in [6, 6.07) is 61.4. The van der Waals surface area contributed by atoms with Crippen LogP contribution in [0.5, 0.6) is 0 Å². The Balaban J connectivity index is 1.18. The van der Waals surface area contributed by atoms with Crippen LogP contribution in [0.1, 0.15) is 150 Å². The molecule has 5 heteroatoms. The van der Waals surface area contributed by atoms with Crippen molar-refractivity contribution in [3.63, 3.8) is 0 Å². The fraction of sp³-hybridized carbons (Fsp3) is 0.333. The predicted octanol–water partition coefficient (Wildman–Crippen LogP) is 18.3. The Bertz CT molecular complexity index is 3870. The van der Waals surface area contributed by atoms with Crippen LogP contribution in [0.25, 0.3) is 33.1 Å². The molecular weight excluding hydrogens is 934 g/mol. The van der Waals surface area contributed by atoms with E-state index in [0.717, 1.165) is 40.5 Å². The van der Waals surface area contributed by atoms with E-state index in [-0.39, 0.29) is 39.3 Å². The number of rotatable bonds is 4. The molecule has 0 saturated heterocycles. The molecule has 1 aliphatic carbocycles. The van der Waals surface area contributed by atoms with E-state index in [1.165, 1.54) is 108 Å². The van der Waals surface area contributed by atoms with Crippen LogP contribution in [0, 0.1) is 0 Å². The molecule has 13 rings (SSSR count). The number of furan rings is 1. The van der Waals surface area contributed by atoms with Crippen LogP contribution in [0.4, 0.5) is 45.5 Å². The van der Waals surface area contributed by atoms with E-state index < -0.39 is 0 Å². The third-order valence-electron chi connectivity index (χ3n) is 18.8. The molecule has 4 aliphatic rings. The Morgan fingerprint density at radius 1 is 0.429 bits per heavy atom. The van der Waals surface area contributed by atoms with Gasteiger partial charge in [0.25, 0.3) is 6.71 Å². The first-order valence-electron chi connectivity index (χ1n) is 28.6. The molecule has 0 amide bonds. The van der Waals surface area contributed by atoms with E-state index in [1.54, 1.807) is 0 Å². The predicted molar refractivity (Wildman–Crippen MR) is 331 cm³/mol. The summed E-state index contributed by atoms with van der Waals surface area (Å²) in [7, 11) is 0. The number of hydrogen-bond acceptors (Lipinski definition) is 4. The molecule has 3 aliphatic heterocycles. The monoisotopic (exact) mass is 1010 g/mol. The fourth-order valence-corrected chi connectivity index (χ4v) is 14.1. The highest BCUT2D eigenvalue weighted by Crippen LogP contribution is 2.62. The summed E-state index contributed by atoms with van der Waals surface area (Å²) in [4.78, 5) is 8.10. The summed E-state index contributed by atoms with van der Waals surface area (Å²) in [6.07, 6.45) is 4.70. The molecule has 0 bridgehead atoms. The van der Waals surface area contributed by atoms with E-state index in [4.69, 9.17) is 4.42 Å². The van der Waals surface area contributed by atoms with Crippen molar-refractivity contribution in [1.82, 2.24) is 0 Å². The van der Waals surface area contributed by atoms with Crippen LogP contribution in [0.2, 0.25) is 0 Å². The first kappa shape index (κ1) is 49.6. The Morgan fingerprint density at radius 2 is 0.948 bits per heavy atom. The van der Waals surface area contributed by atoms with Gasteiger partial charge in [-0.25, -0.2) is 0 Å². The van der Waals surface area contributed by atoms with Gasteiger partial charge >= 0.3 is 0 Å². The van der Waals surface area contributed by atoms with Crippen LogP contribution in [0.3, 0.4) is 0 Å². The van der Waals surface area contributed by atoms with Crippen molar-refractivity contribution >= 4 is 90.5 Å². The van der Waals surface area contributed by atoms with Gasteiger partial charge < -0.3 is 19.1 Å². The van der Waals surface area contributed by atoms with Gasteiger partial charge in [-0.05, 0) is 152 Å². The Morgan fingerprint density at radius 3 is 1.58 bits per heavy atom. The van der Waals surface area contributed by atoms with Crippen LogP contribution in [-0.4, -0.2) is 12.3 Å². The fourth-order valence-electron chi connectivity index (χ4n) is 14.1. The molecule has 4 nitrogen and oxygen atoms in total. The topological polar surface area (TPSA) is 22.9 Å². The molecule has 2 atom stereocenters. The number of hydrogen-bond donors (Lipinski definition) is 0. The first-order chi connectivity index (χ1) is 36.4. The maximum Gasteiger partial charge on any atom is 0.252 e. The van der Waals surface area contributed by atoms with Crippen molar-refractivity contribution < 1.29 is 4.42 Å². The molecule has 388 valence electrons. The zero-order chi connectivity index (χ0) is 53.9. The summed E-state index contributed by atoms with van der Waals surface area (Å²) in [5, 5.41) is 2.27. The lowest BCUT2D eigenvalue weighted by molar-refractivity contribution is 0.195. The third kappa shape index (κ3) is 7.52. The van der Waals surface area contributed by atoms with Crippen molar-refractivity contribution in [1.29, 1.82) is 0 Å². The molecule has 0 N–H and O–H groups in total. The minimum Gasteiger partial charge on any atom is -0.456 e. The average Bonchev–Trinajstić information content (AvgIpc) is 4.01. The number of benzene rings is 8. The Kier molecular flexibility index (Phi) is 10.8. The highest BCUT2D eigenvalue weighted by Gasteiger charge is 2.58. The van der Waals surface area contributed by atoms with Crippen molar-refractivity contribution in [3.8, 4) is 11.1 Å². The normalized spacial score (nSPS) is 19.1. The maximum absolute atomic E-state index is 6.77. The zero-order valence-corrected chi connectivity index (χ0v) is 48.2. The Hall–Kier alpha value is -6.98. The maximum atomic E-state index is 6.77. The summed E-state index contributed by atoms with van der Waals surface area (Å²) in [5.41, 5.74) is 24.4. The van der Waals surface area contributed by atoms with Gasteiger partial charge in [-0.1, -0.05) is 194 Å². The summed E-state index contributed by atoms with van der Waals surface area (Å²) in [6.45, 7) is 33.4. The van der Waals surface area contributed by atoms with Gasteiger partial charge in [0.05, 0.1) is 11.2 Å². The lowest BCUT2D eigenvalue weighted by Crippen LogP contribution is -2.62. The van der Waals surface area contributed by atoms with Gasteiger partial charge in [-0.3, -0.25) is 0 Å². The van der Waals surface area contributed by atoms with E-state index in [2.05, 4.69) is 269 Å². The highest BCUT2D eigenvalue weighted by atomic mass is 16.3. The molecule has 77 heavy (non-hydrogen) atoms. The Labute approximate surface area is 459 Å². The number of nitrogens with zero attached hydrogens (tertiary/aromatic N) is 3. The van der Waals surface area contributed by atoms with Gasteiger partial charge in [-0.15, -0.1) is 0 Å². The van der Waals surface area contributed by atoms with E-state index >= 15 is 0 Å². The third-order valence-corrected chi connectivity index (χ3v) is 18.8. The van der Waals surface area contributed by atoms with E-state index in [1.807, 2.05) is 0 Å². The summed E-state index contributed by atoms with van der Waals surface area (Å²) < 4.78 is 6.77. The zero-order valence-electron chi connectivity index (χ0n) is 48.2. The second kappa shape index (κ2) is 16.8. The van der Waals surface area contributed by atoms with Crippen LogP contribution >= 0.6 is 0 Å². The van der Waals surface area contributed by atoms with Gasteiger partial charge in [0.15, 0.2) is 0 Å². The summed E-state index contributed by atoms with van der Waals surface area (Å²) >= 11 is 0. The SMILES string of the molecule is CC(C)(C)c1ccc2c(c1)B1c3cc(C(C)(C)C)ccc3N(c3ccc(C(C)(C)C)cc3-c3ccccc3)c3cc(N4c5ccc(C(C)(C)C)cc5C5(C)CCCCC45C)cc(c31)N2c1ccc2c(c1)oc1ccccc12. The lowest BCUT2D eigenvalue weighted by Gasteiger charge is -2.51. The minimum absolute atomic E-state index is 0.0241. The summed E-state index contributed by atoms with van der Waals surface area (Å²) in [5.74, 6) is 0. The molecule has 0 radical (unpaired) electrons. The molecule has 0 spiro atoms. The molecular formula is C72H76BN3O. The van der Waals surface area contributed by atoms with Crippen LogP contribution in [0.15, 0.2) is 162 Å². The number of anilines is 8. The quantitative estimate of drug-likeness (QED) is 0.164. The van der Waals surface area contributed by atoms with Crippen LogP contribution in [-0.2, 0) is 27.1 Å². The molecule has 8 aromatic carbocycles. The average molecular weight is 1010 g/mol. The first-order valence-corrected chi connectivity index (χ1v) is 28.6. The smallest absolute Gasteiger partial charge is 0.252 e. The second-order valence-corrected chi connectivity index (χ2v) is 27.8. The molecule has 9 aromatic rings. The molecule has 1 aromatic heterocycles. The van der Waals surface area contributed by atoms with E-state index in [9.17, 15) is 0 Å². The molecule has 1 saturated carbocycles. The van der Waals surface area contributed by atoms with Gasteiger partial charge in [0, 0.05) is 67.6 Å². The van der Waals surface area contributed by atoms with Crippen LogP contribution < -0.4 is 31.1 Å².